The molecule has 2 rings (SSSR count). The number of carbonyl (C=O) groups is 1. The van der Waals surface area contributed by atoms with Gasteiger partial charge >= 0.3 is 0 Å². The Hall–Kier alpha value is -0.570. The maximum Gasteiger partial charge on any atom is 0.165 e. The van der Waals surface area contributed by atoms with Gasteiger partial charge < -0.3 is 4.74 Å². The van der Waals surface area contributed by atoms with E-state index in [0.717, 1.165) is 18.4 Å². The fraction of sp³-hybridized carbons (Fsp3) is 0.417. The van der Waals surface area contributed by atoms with Crippen LogP contribution in [-0.4, -0.2) is 18.5 Å². The summed E-state index contributed by atoms with van der Waals surface area (Å²) in [5.41, 5.74) is 0.812. The zero-order valence-corrected chi connectivity index (χ0v) is 10.2. The highest BCUT2D eigenvalue weighted by Crippen LogP contribution is 2.23. The van der Waals surface area contributed by atoms with Crippen molar-refractivity contribution >= 4 is 29.0 Å². The van der Waals surface area contributed by atoms with Crippen LogP contribution >= 0.6 is 23.2 Å². The predicted molar refractivity (Wildman–Crippen MR) is 64.1 cm³/mol. The van der Waals surface area contributed by atoms with Gasteiger partial charge in [0.2, 0.25) is 0 Å². The van der Waals surface area contributed by atoms with E-state index in [2.05, 4.69) is 0 Å². The van der Waals surface area contributed by atoms with E-state index in [1.165, 1.54) is 0 Å². The first-order chi connectivity index (χ1) is 7.66. The molecule has 1 heterocycles. The minimum absolute atomic E-state index is 0.0988. The molecule has 1 aromatic rings. The summed E-state index contributed by atoms with van der Waals surface area (Å²) in [6.07, 6.45) is 1.86. The second-order valence-electron chi connectivity index (χ2n) is 3.88. The third-order valence-corrected chi connectivity index (χ3v) is 3.26. The molecule has 0 N–H and O–H groups in total. The molecule has 0 saturated carbocycles. The quantitative estimate of drug-likeness (QED) is 0.832. The maximum absolute atomic E-state index is 11.8. The van der Waals surface area contributed by atoms with Gasteiger partial charge in [-0.05, 0) is 30.5 Å². The van der Waals surface area contributed by atoms with Crippen LogP contribution in [0.4, 0.5) is 0 Å². The average Bonchev–Trinajstić information content (AvgIpc) is 2.75. The third-order valence-electron chi connectivity index (χ3n) is 2.67. The molecular formula is C12H12Cl2O2. The molecule has 1 aliphatic heterocycles. The first-order valence-electron chi connectivity index (χ1n) is 5.25. The van der Waals surface area contributed by atoms with E-state index in [0.29, 0.717) is 23.1 Å². The van der Waals surface area contributed by atoms with Crippen LogP contribution in [0.2, 0.25) is 10.0 Å². The zero-order chi connectivity index (χ0) is 11.5. The van der Waals surface area contributed by atoms with E-state index in [4.69, 9.17) is 27.9 Å². The van der Waals surface area contributed by atoms with Crippen LogP contribution < -0.4 is 0 Å². The fourth-order valence-electron chi connectivity index (χ4n) is 1.80. The predicted octanol–water partition coefficient (Wildman–Crippen LogP) is 3.28. The molecule has 1 aromatic carbocycles. The van der Waals surface area contributed by atoms with Crippen molar-refractivity contribution in [2.75, 3.05) is 6.61 Å². The Bertz CT molecular complexity index is 398. The van der Waals surface area contributed by atoms with Crippen LogP contribution in [0, 0.1) is 0 Å². The number of halogens is 2. The molecule has 4 heteroatoms. The first-order valence-corrected chi connectivity index (χ1v) is 6.00. The van der Waals surface area contributed by atoms with Crippen molar-refractivity contribution in [3.8, 4) is 0 Å². The average molecular weight is 259 g/mol. The van der Waals surface area contributed by atoms with E-state index in [1.807, 2.05) is 0 Å². The number of ketones is 1. The molecule has 0 aliphatic carbocycles. The Morgan fingerprint density at radius 2 is 2.25 bits per heavy atom. The standard InChI is InChI=1S/C12H12Cl2O2/c13-9-4-3-8(10(14)7-9)6-11(15)12-2-1-5-16-12/h3-4,7,12H,1-2,5-6H2. The van der Waals surface area contributed by atoms with Gasteiger partial charge in [-0.3, -0.25) is 4.79 Å². The summed E-state index contributed by atoms with van der Waals surface area (Å²) in [5, 5.41) is 1.12. The van der Waals surface area contributed by atoms with E-state index < -0.39 is 0 Å². The van der Waals surface area contributed by atoms with Gasteiger partial charge in [-0.25, -0.2) is 0 Å². The number of ether oxygens (including phenoxy) is 1. The summed E-state index contributed by atoms with van der Waals surface area (Å²) < 4.78 is 5.33. The summed E-state index contributed by atoms with van der Waals surface area (Å²) >= 11 is 11.8. The fourth-order valence-corrected chi connectivity index (χ4v) is 2.27. The van der Waals surface area contributed by atoms with E-state index in [9.17, 15) is 4.79 Å². The van der Waals surface area contributed by atoms with Crippen molar-refractivity contribution in [3.05, 3.63) is 33.8 Å². The smallest absolute Gasteiger partial charge is 0.165 e. The van der Waals surface area contributed by atoms with Crippen LogP contribution in [0.25, 0.3) is 0 Å². The third kappa shape index (κ3) is 2.76. The Labute approximate surface area is 104 Å². The molecule has 2 nitrogen and oxygen atoms in total. The van der Waals surface area contributed by atoms with Gasteiger partial charge in [0, 0.05) is 23.1 Å². The van der Waals surface area contributed by atoms with Gasteiger partial charge in [-0.15, -0.1) is 0 Å². The van der Waals surface area contributed by atoms with Crippen LogP contribution in [-0.2, 0) is 16.0 Å². The Morgan fingerprint density at radius 1 is 1.44 bits per heavy atom. The lowest BCUT2D eigenvalue weighted by Crippen LogP contribution is -2.21. The van der Waals surface area contributed by atoms with Gasteiger partial charge in [0.25, 0.3) is 0 Å². The molecule has 0 radical (unpaired) electrons. The molecule has 0 aromatic heterocycles. The molecule has 0 bridgehead atoms. The number of Topliss-reactive ketones (excluding diaryl/α,β-unsaturated/α-hetero) is 1. The topological polar surface area (TPSA) is 26.3 Å². The van der Waals surface area contributed by atoms with Crippen molar-refractivity contribution < 1.29 is 9.53 Å². The summed E-state index contributed by atoms with van der Waals surface area (Å²) in [6, 6.07) is 5.18. The molecule has 0 amide bonds. The lowest BCUT2D eigenvalue weighted by atomic mass is 10.0. The Balaban J connectivity index is 2.05. The highest BCUT2D eigenvalue weighted by atomic mass is 35.5. The van der Waals surface area contributed by atoms with Gasteiger partial charge in [0.15, 0.2) is 5.78 Å². The lowest BCUT2D eigenvalue weighted by molar-refractivity contribution is -0.127. The first kappa shape index (κ1) is 11.9. The number of benzene rings is 1. The van der Waals surface area contributed by atoms with Crippen molar-refractivity contribution in [2.24, 2.45) is 0 Å². The van der Waals surface area contributed by atoms with E-state index in [-0.39, 0.29) is 11.9 Å². The SMILES string of the molecule is O=C(Cc1ccc(Cl)cc1Cl)C1CCCO1. The minimum Gasteiger partial charge on any atom is -0.370 e. The second kappa shape index (κ2) is 5.17. The van der Waals surface area contributed by atoms with Gasteiger partial charge in [-0.2, -0.15) is 0 Å². The summed E-state index contributed by atoms with van der Waals surface area (Å²) in [4.78, 5) is 11.8. The lowest BCUT2D eigenvalue weighted by Gasteiger charge is -2.09. The molecule has 86 valence electrons. The summed E-state index contributed by atoms with van der Waals surface area (Å²) in [7, 11) is 0. The van der Waals surface area contributed by atoms with Crippen LogP contribution in [0.1, 0.15) is 18.4 Å². The Kier molecular flexibility index (Phi) is 3.85. The molecule has 1 fully saturated rings. The van der Waals surface area contributed by atoms with Gasteiger partial charge in [0.1, 0.15) is 6.10 Å². The van der Waals surface area contributed by atoms with Crippen LogP contribution in [0.3, 0.4) is 0 Å². The monoisotopic (exact) mass is 258 g/mol. The Morgan fingerprint density at radius 3 is 2.88 bits per heavy atom. The summed E-state index contributed by atoms with van der Waals surface area (Å²) in [5.74, 6) is 0.0988. The zero-order valence-electron chi connectivity index (χ0n) is 8.71. The van der Waals surface area contributed by atoms with Crippen molar-refractivity contribution in [1.82, 2.24) is 0 Å². The molecule has 1 unspecified atom stereocenters. The van der Waals surface area contributed by atoms with Crippen molar-refractivity contribution in [3.63, 3.8) is 0 Å². The van der Waals surface area contributed by atoms with Gasteiger partial charge in [-0.1, -0.05) is 29.3 Å². The number of hydrogen-bond donors (Lipinski definition) is 0. The maximum atomic E-state index is 11.8. The summed E-state index contributed by atoms with van der Waals surface area (Å²) in [6.45, 7) is 0.685. The van der Waals surface area contributed by atoms with Crippen LogP contribution in [0.5, 0.6) is 0 Å². The molecule has 16 heavy (non-hydrogen) atoms. The molecule has 1 aliphatic rings. The number of hydrogen-bond acceptors (Lipinski definition) is 2. The van der Waals surface area contributed by atoms with E-state index in [1.54, 1.807) is 18.2 Å². The van der Waals surface area contributed by atoms with Crippen molar-refractivity contribution in [1.29, 1.82) is 0 Å². The molecular weight excluding hydrogens is 247 g/mol. The number of rotatable bonds is 3. The molecule has 1 saturated heterocycles. The largest absolute Gasteiger partial charge is 0.370 e. The van der Waals surface area contributed by atoms with Crippen molar-refractivity contribution in [2.45, 2.75) is 25.4 Å². The van der Waals surface area contributed by atoms with E-state index >= 15 is 0 Å². The normalized spacial score (nSPS) is 20.0. The molecule has 0 spiro atoms. The number of carbonyl (C=O) groups excluding carboxylic acids is 1. The van der Waals surface area contributed by atoms with Gasteiger partial charge in [0.05, 0.1) is 0 Å². The van der Waals surface area contributed by atoms with Crippen LogP contribution in [0.15, 0.2) is 18.2 Å². The minimum atomic E-state index is -0.244. The highest BCUT2D eigenvalue weighted by Gasteiger charge is 2.23. The second-order valence-corrected chi connectivity index (χ2v) is 4.72. The highest BCUT2D eigenvalue weighted by molar-refractivity contribution is 6.35. The molecule has 1 atom stereocenters.